The van der Waals surface area contributed by atoms with Gasteiger partial charge in [-0.25, -0.2) is 0 Å². The molecule has 0 aromatic heterocycles. The summed E-state index contributed by atoms with van der Waals surface area (Å²) in [6.07, 6.45) is 39.7. The molecule has 0 heterocycles. The first kappa shape index (κ1) is 52.9. The van der Waals surface area contributed by atoms with Gasteiger partial charge in [0.15, 0.2) is 6.10 Å². The normalized spacial score (nSPS) is 12.6. The van der Waals surface area contributed by atoms with Crippen LogP contribution >= 0.6 is 0 Å². The summed E-state index contributed by atoms with van der Waals surface area (Å²) in [4.78, 5) is 25.4. The van der Waals surface area contributed by atoms with Gasteiger partial charge in [0.05, 0.1) is 17.8 Å². The van der Waals surface area contributed by atoms with Crippen molar-refractivity contribution < 1.29 is 28.5 Å². The zero-order chi connectivity index (χ0) is 40.0. The van der Waals surface area contributed by atoms with Crippen molar-refractivity contribution in [3.63, 3.8) is 0 Å². The maximum absolute atomic E-state index is 12.8. The molecule has 0 amide bonds. The number of rotatable bonds is 41. The van der Waals surface area contributed by atoms with E-state index in [-0.39, 0.29) is 30.8 Å². The van der Waals surface area contributed by atoms with Crippen LogP contribution in [-0.2, 0) is 28.5 Å². The predicted octanol–water partition coefficient (Wildman–Crippen LogP) is 15.0. The summed E-state index contributed by atoms with van der Waals surface area (Å²) in [5.41, 5.74) is -0.663. The number of unbranched alkanes of at least 4 members (excludes halogenated alkanes) is 28. The van der Waals surface area contributed by atoms with Gasteiger partial charge in [-0.2, -0.15) is 0 Å². The second-order valence-electron chi connectivity index (χ2n) is 18.0. The molecule has 0 aromatic rings. The quantitative estimate of drug-likeness (QED) is 0.0456. The van der Waals surface area contributed by atoms with Gasteiger partial charge >= 0.3 is 11.9 Å². The van der Waals surface area contributed by atoms with Gasteiger partial charge < -0.3 is 18.9 Å². The molecule has 1 atom stereocenters. The summed E-state index contributed by atoms with van der Waals surface area (Å²) in [5, 5.41) is 0. The molecule has 0 aliphatic rings. The molecule has 0 fully saturated rings. The van der Waals surface area contributed by atoms with Crippen molar-refractivity contribution in [3.05, 3.63) is 0 Å². The monoisotopic (exact) mass is 767 g/mol. The average molecular weight is 767 g/mol. The average Bonchev–Trinajstić information content (AvgIpc) is 3.12. The Hall–Kier alpha value is -1.14. The fourth-order valence-corrected chi connectivity index (χ4v) is 6.89. The van der Waals surface area contributed by atoms with E-state index in [0.717, 1.165) is 25.7 Å². The fraction of sp³-hybridized carbons (Fsp3) is 0.958. The zero-order valence-corrected chi connectivity index (χ0v) is 37.5. The van der Waals surface area contributed by atoms with Crippen LogP contribution in [0, 0.1) is 0 Å². The van der Waals surface area contributed by atoms with Crippen molar-refractivity contribution in [1.29, 1.82) is 0 Å². The summed E-state index contributed by atoms with van der Waals surface area (Å²) in [6, 6.07) is 0. The van der Waals surface area contributed by atoms with E-state index in [1.807, 2.05) is 34.6 Å². The number of esters is 2. The van der Waals surface area contributed by atoms with Crippen molar-refractivity contribution >= 4 is 11.9 Å². The molecular weight excluding hydrogens is 673 g/mol. The van der Waals surface area contributed by atoms with Gasteiger partial charge in [0.1, 0.15) is 6.61 Å². The van der Waals surface area contributed by atoms with E-state index in [9.17, 15) is 9.59 Å². The third-order valence-corrected chi connectivity index (χ3v) is 10.6. The Morgan fingerprint density at radius 3 is 1.11 bits per heavy atom. The smallest absolute Gasteiger partial charge is 0.306 e. The molecule has 54 heavy (non-hydrogen) atoms. The lowest BCUT2D eigenvalue weighted by molar-refractivity contribution is -0.168. The van der Waals surface area contributed by atoms with Crippen LogP contribution in [0.25, 0.3) is 0 Å². The molecule has 1 unspecified atom stereocenters. The lowest BCUT2D eigenvalue weighted by Gasteiger charge is -2.29. The van der Waals surface area contributed by atoms with E-state index in [0.29, 0.717) is 25.9 Å². The van der Waals surface area contributed by atoms with Crippen LogP contribution in [0.3, 0.4) is 0 Å². The zero-order valence-electron chi connectivity index (χ0n) is 37.5. The molecule has 322 valence electrons. The van der Waals surface area contributed by atoms with Crippen LogP contribution in [0.5, 0.6) is 0 Å². The third-order valence-electron chi connectivity index (χ3n) is 10.6. The van der Waals surface area contributed by atoms with E-state index >= 15 is 0 Å². The SMILES string of the molecule is CCCCCCCCCCCCCCCCCC(=O)OCC(COC(C)(C)CCOC(C)(C)C)OC(=O)CCCCCCCCCCCCCCCCC. The largest absolute Gasteiger partial charge is 0.462 e. The molecule has 0 N–H and O–H groups in total. The minimum atomic E-state index is -0.610. The van der Waals surface area contributed by atoms with Crippen molar-refractivity contribution in [1.82, 2.24) is 0 Å². The molecule has 0 aliphatic heterocycles. The van der Waals surface area contributed by atoms with Crippen LogP contribution in [0.4, 0.5) is 0 Å². The number of carbonyl (C=O) groups is 2. The van der Waals surface area contributed by atoms with Gasteiger partial charge in [0, 0.05) is 19.4 Å². The minimum absolute atomic E-state index is 0.0384. The van der Waals surface area contributed by atoms with Gasteiger partial charge in [-0.15, -0.1) is 0 Å². The van der Waals surface area contributed by atoms with Gasteiger partial charge in [-0.1, -0.05) is 194 Å². The minimum Gasteiger partial charge on any atom is -0.462 e. The lowest BCUT2D eigenvalue weighted by atomic mass is 10.0. The lowest BCUT2D eigenvalue weighted by Crippen LogP contribution is -2.36. The highest BCUT2D eigenvalue weighted by Gasteiger charge is 2.25. The maximum Gasteiger partial charge on any atom is 0.306 e. The molecule has 0 bridgehead atoms. The number of hydrogen-bond donors (Lipinski definition) is 0. The van der Waals surface area contributed by atoms with Gasteiger partial charge in [0.25, 0.3) is 0 Å². The van der Waals surface area contributed by atoms with Crippen LogP contribution in [-0.4, -0.2) is 49.1 Å². The number of hydrogen-bond acceptors (Lipinski definition) is 6. The summed E-state index contributed by atoms with van der Waals surface area (Å²) in [6.45, 7) is 15.5. The van der Waals surface area contributed by atoms with E-state index in [1.54, 1.807) is 0 Å². The molecule has 6 heteroatoms. The molecule has 0 spiro atoms. The molecule has 0 saturated heterocycles. The summed E-state index contributed by atoms with van der Waals surface area (Å²) in [7, 11) is 0. The first-order chi connectivity index (χ1) is 26.0. The molecule has 0 radical (unpaired) electrons. The Bertz CT molecular complexity index is 819. The summed E-state index contributed by atoms with van der Waals surface area (Å²) >= 11 is 0. The maximum atomic E-state index is 12.8. The van der Waals surface area contributed by atoms with E-state index in [1.165, 1.54) is 167 Å². The Balaban J connectivity index is 4.29. The van der Waals surface area contributed by atoms with Crippen molar-refractivity contribution in [2.75, 3.05) is 19.8 Å². The van der Waals surface area contributed by atoms with Crippen LogP contribution < -0.4 is 0 Å². The topological polar surface area (TPSA) is 71.1 Å². The molecule has 0 aliphatic carbocycles. The van der Waals surface area contributed by atoms with Gasteiger partial charge in [0.2, 0.25) is 0 Å². The predicted molar refractivity (Wildman–Crippen MR) is 230 cm³/mol. The highest BCUT2D eigenvalue weighted by molar-refractivity contribution is 5.70. The second-order valence-corrected chi connectivity index (χ2v) is 18.0. The third kappa shape index (κ3) is 40.5. The molecule has 6 nitrogen and oxygen atoms in total. The van der Waals surface area contributed by atoms with Crippen LogP contribution in [0.15, 0.2) is 0 Å². The highest BCUT2D eigenvalue weighted by atomic mass is 16.6. The first-order valence-corrected chi connectivity index (χ1v) is 23.6. The van der Waals surface area contributed by atoms with Crippen molar-refractivity contribution in [2.45, 2.75) is 278 Å². The van der Waals surface area contributed by atoms with Gasteiger partial charge in [-0.3, -0.25) is 9.59 Å². The number of carbonyl (C=O) groups excluding carboxylic acids is 2. The van der Waals surface area contributed by atoms with E-state index in [2.05, 4.69) is 13.8 Å². The first-order valence-electron chi connectivity index (χ1n) is 23.6. The second kappa shape index (κ2) is 37.4. The molecular formula is C48H94O6. The molecule has 0 rings (SSSR count). The van der Waals surface area contributed by atoms with Crippen LogP contribution in [0.1, 0.15) is 260 Å². The molecule has 0 saturated carbocycles. The standard InChI is InChI=1S/C48H94O6/c1-8-10-12-14-16-18-20-22-24-26-28-30-32-34-36-38-45(49)51-42-44(43-53-48(6,7)40-41-52-47(3,4)5)54-46(50)39-37-35-33-31-29-27-25-23-21-19-17-15-13-11-9-2/h44H,8-43H2,1-7H3. The van der Waals surface area contributed by atoms with Crippen molar-refractivity contribution in [2.24, 2.45) is 0 Å². The Labute approximate surface area is 337 Å². The Morgan fingerprint density at radius 2 is 0.759 bits per heavy atom. The fourth-order valence-electron chi connectivity index (χ4n) is 6.89. The summed E-state index contributed by atoms with van der Waals surface area (Å²) in [5.74, 6) is -0.448. The van der Waals surface area contributed by atoms with E-state index < -0.39 is 11.7 Å². The molecule has 0 aromatic carbocycles. The highest BCUT2D eigenvalue weighted by Crippen LogP contribution is 2.20. The number of ether oxygens (including phenoxy) is 4. The Kier molecular flexibility index (Phi) is 36.6. The Morgan fingerprint density at radius 1 is 0.426 bits per heavy atom. The van der Waals surface area contributed by atoms with Crippen LogP contribution in [0.2, 0.25) is 0 Å². The van der Waals surface area contributed by atoms with Gasteiger partial charge in [-0.05, 0) is 53.9 Å². The van der Waals surface area contributed by atoms with Crippen molar-refractivity contribution in [3.8, 4) is 0 Å². The van der Waals surface area contributed by atoms with E-state index in [4.69, 9.17) is 18.9 Å². The summed E-state index contributed by atoms with van der Waals surface area (Å²) < 4.78 is 23.6.